The second-order valence-electron chi connectivity index (χ2n) is 13.7. The lowest BCUT2D eigenvalue weighted by Crippen LogP contribution is -2.23. The molecule has 7 aromatic carbocycles. The maximum absolute atomic E-state index is 5.10. The zero-order valence-corrected chi connectivity index (χ0v) is 31.1. The summed E-state index contributed by atoms with van der Waals surface area (Å²) in [7, 11) is 4.27. The highest BCUT2D eigenvalue weighted by molar-refractivity contribution is 7.23. The highest BCUT2D eigenvalue weighted by Gasteiger charge is 2.28. The zero-order chi connectivity index (χ0) is 35.9. The van der Waals surface area contributed by atoms with Crippen molar-refractivity contribution in [3.8, 4) is 21.1 Å². The zero-order valence-electron chi connectivity index (χ0n) is 29.5. The Bertz CT molecular complexity index is 2550. The van der Waals surface area contributed by atoms with E-state index in [9.17, 15) is 0 Å². The Labute approximate surface area is 321 Å². The summed E-state index contributed by atoms with van der Waals surface area (Å²) >= 11 is 3.47. The van der Waals surface area contributed by atoms with E-state index >= 15 is 0 Å². The third kappa shape index (κ3) is 4.77. The summed E-state index contributed by atoms with van der Waals surface area (Å²) in [6, 6.07) is 56.3. The lowest BCUT2D eigenvalue weighted by molar-refractivity contribution is 1.13. The van der Waals surface area contributed by atoms with Crippen LogP contribution in [0.2, 0.25) is 0 Å². The maximum atomic E-state index is 5.10. The number of aromatic nitrogens is 2. The number of fused-ring (bicyclic) bond motifs is 6. The fourth-order valence-corrected chi connectivity index (χ4v) is 9.98. The van der Waals surface area contributed by atoms with Crippen LogP contribution >= 0.6 is 22.7 Å². The second kappa shape index (κ2) is 12.0. The second-order valence-corrected chi connectivity index (χ2v) is 15.7. The van der Waals surface area contributed by atoms with Crippen molar-refractivity contribution in [3.63, 3.8) is 0 Å². The van der Waals surface area contributed by atoms with Crippen LogP contribution in [0.5, 0.6) is 0 Å². The predicted molar refractivity (Wildman–Crippen MR) is 229 cm³/mol. The maximum Gasteiger partial charge on any atom is 0.124 e. The van der Waals surface area contributed by atoms with Crippen LogP contribution in [-0.2, 0) is 0 Å². The SMILES string of the molecule is CN1c2ccccc2N(c2ccc(-c3nc4cc5nc(-c6ccc(N7c8ccccc8N(C)c8ccccc87)cc6)sc5cc4s3)cc2)c2ccccc21. The van der Waals surface area contributed by atoms with Crippen LogP contribution in [0, 0.1) is 0 Å². The highest BCUT2D eigenvalue weighted by atomic mass is 32.1. The predicted octanol–water partition coefficient (Wildman–Crippen LogP) is 13.3. The van der Waals surface area contributed by atoms with E-state index in [1.165, 1.54) is 54.9 Å². The third-order valence-electron chi connectivity index (χ3n) is 10.6. The van der Waals surface area contributed by atoms with Crippen molar-refractivity contribution >= 4 is 100.0 Å². The van der Waals surface area contributed by atoms with Gasteiger partial charge in [0.05, 0.1) is 65.9 Å². The number of rotatable bonds is 4. The van der Waals surface area contributed by atoms with Crippen LogP contribution in [0.15, 0.2) is 158 Å². The van der Waals surface area contributed by atoms with Crippen molar-refractivity contribution in [3.05, 3.63) is 158 Å². The van der Waals surface area contributed by atoms with Gasteiger partial charge in [0.25, 0.3) is 0 Å². The quantitative estimate of drug-likeness (QED) is 0.179. The molecule has 0 saturated heterocycles. The molecule has 6 nitrogen and oxygen atoms in total. The summed E-state index contributed by atoms with van der Waals surface area (Å²) in [5.41, 5.74) is 15.8. The van der Waals surface area contributed by atoms with E-state index < -0.39 is 0 Å². The molecule has 0 unspecified atom stereocenters. The van der Waals surface area contributed by atoms with Gasteiger partial charge in [-0.15, -0.1) is 22.7 Å². The topological polar surface area (TPSA) is 38.7 Å². The average molecular weight is 733 g/mol. The van der Waals surface area contributed by atoms with Crippen LogP contribution in [0.4, 0.5) is 56.9 Å². The third-order valence-corrected chi connectivity index (χ3v) is 12.7. The van der Waals surface area contributed by atoms with E-state index in [1.807, 2.05) is 0 Å². The van der Waals surface area contributed by atoms with Crippen molar-refractivity contribution in [2.24, 2.45) is 0 Å². The van der Waals surface area contributed by atoms with E-state index in [-0.39, 0.29) is 0 Å². The Morgan fingerprint density at radius 2 is 0.685 bits per heavy atom. The van der Waals surface area contributed by atoms with Gasteiger partial charge in [-0.2, -0.15) is 0 Å². The van der Waals surface area contributed by atoms with Gasteiger partial charge in [-0.1, -0.05) is 48.5 Å². The summed E-state index contributed by atoms with van der Waals surface area (Å²) in [6.07, 6.45) is 0. The standard InChI is InChI=1S/C46H32N6S2/c1-49-35-11-3-7-15-39(35)51(40-16-8-4-12-36(40)49)31-23-19-29(20-24-31)45-47-33-27-34-44(28-43(33)53-45)54-46(48-34)30-21-25-32(26-22-30)52-41-17-9-5-13-37(41)50(2)38-14-6-10-18-42(38)52/h3-28H,1-2H3. The molecule has 2 aromatic heterocycles. The minimum Gasteiger partial charge on any atom is -0.341 e. The molecule has 0 spiro atoms. The molecular weight excluding hydrogens is 701 g/mol. The molecule has 0 amide bonds. The van der Waals surface area contributed by atoms with Gasteiger partial charge in [0.2, 0.25) is 0 Å². The molecule has 2 aliphatic rings. The lowest BCUT2D eigenvalue weighted by atomic mass is 10.1. The van der Waals surface area contributed by atoms with E-state index in [1.54, 1.807) is 22.7 Å². The summed E-state index contributed by atoms with van der Waals surface area (Å²) in [5, 5.41) is 2.02. The molecule has 11 rings (SSSR count). The van der Waals surface area contributed by atoms with Crippen LogP contribution in [0.1, 0.15) is 0 Å². The van der Waals surface area contributed by atoms with Crippen LogP contribution in [0.25, 0.3) is 41.6 Å². The molecule has 4 heterocycles. The normalized spacial score (nSPS) is 13.2. The van der Waals surface area contributed by atoms with Crippen molar-refractivity contribution in [1.29, 1.82) is 0 Å². The first-order valence-corrected chi connectivity index (χ1v) is 19.6. The first-order valence-electron chi connectivity index (χ1n) is 17.9. The van der Waals surface area contributed by atoms with Gasteiger partial charge in [0.15, 0.2) is 0 Å². The van der Waals surface area contributed by atoms with Gasteiger partial charge in [-0.25, -0.2) is 9.97 Å². The van der Waals surface area contributed by atoms with Crippen molar-refractivity contribution in [1.82, 2.24) is 9.97 Å². The van der Waals surface area contributed by atoms with Gasteiger partial charge >= 0.3 is 0 Å². The van der Waals surface area contributed by atoms with E-state index in [0.29, 0.717) is 0 Å². The lowest BCUT2D eigenvalue weighted by Gasteiger charge is -2.38. The summed E-state index contributed by atoms with van der Waals surface area (Å²) in [4.78, 5) is 19.4. The minimum absolute atomic E-state index is 0.980. The number of para-hydroxylation sites is 8. The first-order chi connectivity index (χ1) is 26.6. The Balaban J connectivity index is 0.886. The fraction of sp³-hybridized carbons (Fsp3) is 0.0435. The van der Waals surface area contributed by atoms with Gasteiger partial charge < -0.3 is 19.6 Å². The van der Waals surface area contributed by atoms with E-state index in [0.717, 1.165) is 43.6 Å². The molecule has 9 aromatic rings. The molecule has 2 aliphatic heterocycles. The monoisotopic (exact) mass is 732 g/mol. The molecule has 258 valence electrons. The molecule has 8 heteroatoms. The molecule has 0 radical (unpaired) electrons. The number of nitrogens with zero attached hydrogens (tertiary/aromatic N) is 6. The Morgan fingerprint density at radius 1 is 0.370 bits per heavy atom. The van der Waals surface area contributed by atoms with Crippen molar-refractivity contribution in [2.75, 3.05) is 33.7 Å². The Kier molecular flexibility index (Phi) is 6.92. The number of anilines is 10. The number of hydrogen-bond acceptors (Lipinski definition) is 8. The highest BCUT2D eigenvalue weighted by Crippen LogP contribution is 2.52. The Morgan fingerprint density at radius 3 is 1.02 bits per heavy atom. The molecule has 0 N–H and O–H groups in total. The number of hydrogen-bond donors (Lipinski definition) is 0. The summed E-state index contributed by atoms with van der Waals surface area (Å²) in [5.74, 6) is 0. The molecule has 54 heavy (non-hydrogen) atoms. The fourth-order valence-electron chi connectivity index (χ4n) is 7.93. The van der Waals surface area contributed by atoms with E-state index in [4.69, 9.17) is 9.97 Å². The van der Waals surface area contributed by atoms with Crippen molar-refractivity contribution < 1.29 is 0 Å². The molecule has 0 fully saturated rings. The molecule has 0 aliphatic carbocycles. The Hall–Kier alpha value is -6.48. The van der Waals surface area contributed by atoms with Crippen molar-refractivity contribution in [2.45, 2.75) is 0 Å². The van der Waals surface area contributed by atoms with Crippen LogP contribution < -0.4 is 19.6 Å². The molecule has 0 atom stereocenters. The van der Waals surface area contributed by atoms with Gasteiger partial charge in [0, 0.05) is 36.6 Å². The van der Waals surface area contributed by atoms with Crippen LogP contribution in [-0.4, -0.2) is 24.1 Å². The van der Waals surface area contributed by atoms with Crippen LogP contribution in [0.3, 0.4) is 0 Å². The minimum atomic E-state index is 0.980. The molecule has 0 bridgehead atoms. The summed E-state index contributed by atoms with van der Waals surface area (Å²) < 4.78 is 2.34. The van der Waals surface area contributed by atoms with E-state index in [2.05, 4.69) is 191 Å². The largest absolute Gasteiger partial charge is 0.341 e. The molecule has 0 saturated carbocycles. The van der Waals surface area contributed by atoms with Gasteiger partial charge in [-0.3, -0.25) is 0 Å². The number of benzene rings is 7. The molecular formula is C46H32N6S2. The average Bonchev–Trinajstić information content (AvgIpc) is 3.84. The smallest absolute Gasteiger partial charge is 0.124 e. The number of thiazole rings is 2. The van der Waals surface area contributed by atoms with Gasteiger partial charge in [0.1, 0.15) is 10.0 Å². The van der Waals surface area contributed by atoms with Gasteiger partial charge in [-0.05, 0) is 109 Å². The summed E-state index contributed by atoms with van der Waals surface area (Å²) in [6.45, 7) is 0. The first kappa shape index (κ1) is 31.1.